The summed E-state index contributed by atoms with van der Waals surface area (Å²) in [4.78, 5) is 2.35. The van der Waals surface area contributed by atoms with Crippen molar-refractivity contribution >= 4 is 27.5 Å². The van der Waals surface area contributed by atoms with Gasteiger partial charge in [0.2, 0.25) is 0 Å². The fourth-order valence-electron chi connectivity index (χ4n) is 1.50. The first-order valence-electron chi connectivity index (χ1n) is 4.54. The van der Waals surface area contributed by atoms with Gasteiger partial charge in [-0.1, -0.05) is 20.4 Å². The Hall–Kier alpha value is -0.0400. The van der Waals surface area contributed by atoms with Gasteiger partial charge in [0, 0.05) is 30.3 Å². The molecule has 2 rings (SSSR count). The molecule has 0 bridgehead atoms. The summed E-state index contributed by atoms with van der Waals surface area (Å²) in [7, 11) is 0. The van der Waals surface area contributed by atoms with Crippen molar-refractivity contribution in [2.45, 2.75) is 12.6 Å². The summed E-state index contributed by atoms with van der Waals surface area (Å²) in [5, 5.41) is 6.94. The molecule has 2 heterocycles. The maximum absolute atomic E-state index is 5.55. The number of alkyl halides is 1. The summed E-state index contributed by atoms with van der Waals surface area (Å²) in [5.74, 6) is 0. The molecule has 1 aliphatic heterocycles. The van der Waals surface area contributed by atoms with E-state index in [-0.39, 0.29) is 0 Å². The average molecular weight is 278 g/mol. The normalized spacial score (nSPS) is 23.9. The molecule has 0 saturated carbocycles. The van der Waals surface area contributed by atoms with Crippen molar-refractivity contribution in [2.24, 2.45) is 0 Å². The minimum Gasteiger partial charge on any atom is -0.375 e. The Bertz CT molecular complexity index is 270. The van der Waals surface area contributed by atoms with Crippen molar-refractivity contribution in [2.75, 3.05) is 25.0 Å². The predicted octanol–water partition coefficient (Wildman–Crippen LogP) is 1.13. The highest BCUT2D eigenvalue weighted by molar-refractivity contribution is 9.09. The quantitative estimate of drug-likeness (QED) is 0.777. The number of nitrogens with zero attached hydrogens (tertiary/aromatic N) is 3. The third-order valence-electron chi connectivity index (χ3n) is 2.19. The molecule has 0 aliphatic carbocycles. The van der Waals surface area contributed by atoms with Crippen LogP contribution in [0, 0.1) is 0 Å². The monoisotopic (exact) mass is 277 g/mol. The van der Waals surface area contributed by atoms with Crippen LogP contribution in [0.25, 0.3) is 0 Å². The lowest BCUT2D eigenvalue weighted by Gasteiger charge is -2.31. The molecule has 1 aromatic rings. The average Bonchev–Trinajstić information content (AvgIpc) is 2.71. The van der Waals surface area contributed by atoms with Gasteiger partial charge in [-0.05, 0) is 11.5 Å². The molecule has 0 N–H and O–H groups in total. The van der Waals surface area contributed by atoms with E-state index < -0.39 is 0 Å². The molecule has 6 heteroatoms. The van der Waals surface area contributed by atoms with Crippen LogP contribution in [0.2, 0.25) is 0 Å². The molecule has 1 fully saturated rings. The van der Waals surface area contributed by atoms with Gasteiger partial charge in [-0.2, -0.15) is 0 Å². The van der Waals surface area contributed by atoms with E-state index >= 15 is 0 Å². The van der Waals surface area contributed by atoms with Crippen molar-refractivity contribution in [1.29, 1.82) is 0 Å². The van der Waals surface area contributed by atoms with Gasteiger partial charge >= 0.3 is 0 Å². The van der Waals surface area contributed by atoms with E-state index in [2.05, 4.69) is 30.4 Å². The number of morpholine rings is 1. The fraction of sp³-hybridized carbons (Fsp3) is 0.750. The molecule has 0 radical (unpaired) electrons. The highest BCUT2D eigenvalue weighted by Gasteiger charge is 2.19. The lowest BCUT2D eigenvalue weighted by molar-refractivity contribution is -0.0185. The lowest BCUT2D eigenvalue weighted by atomic mass is 10.3. The van der Waals surface area contributed by atoms with Crippen LogP contribution in [-0.4, -0.2) is 45.6 Å². The first-order valence-corrected chi connectivity index (χ1v) is 6.50. The van der Waals surface area contributed by atoms with Gasteiger partial charge in [0.1, 0.15) is 0 Å². The first-order chi connectivity index (χ1) is 6.88. The van der Waals surface area contributed by atoms with Crippen LogP contribution < -0.4 is 0 Å². The van der Waals surface area contributed by atoms with Gasteiger partial charge in [0.25, 0.3) is 0 Å². The van der Waals surface area contributed by atoms with E-state index in [4.69, 9.17) is 4.74 Å². The summed E-state index contributed by atoms with van der Waals surface area (Å²) in [6.45, 7) is 3.67. The Labute approximate surface area is 95.5 Å². The summed E-state index contributed by atoms with van der Waals surface area (Å²) < 4.78 is 9.41. The van der Waals surface area contributed by atoms with E-state index in [1.165, 1.54) is 11.5 Å². The van der Waals surface area contributed by atoms with Crippen molar-refractivity contribution in [3.05, 3.63) is 11.1 Å². The van der Waals surface area contributed by atoms with Crippen molar-refractivity contribution in [3.63, 3.8) is 0 Å². The zero-order valence-electron chi connectivity index (χ0n) is 7.73. The van der Waals surface area contributed by atoms with E-state index in [0.717, 1.165) is 37.3 Å². The van der Waals surface area contributed by atoms with E-state index in [1.807, 2.05) is 5.38 Å². The van der Waals surface area contributed by atoms with Crippen molar-refractivity contribution in [3.8, 4) is 0 Å². The van der Waals surface area contributed by atoms with Crippen LogP contribution >= 0.6 is 27.5 Å². The van der Waals surface area contributed by atoms with Crippen LogP contribution in [0.4, 0.5) is 0 Å². The molecule has 1 aromatic heterocycles. The van der Waals surface area contributed by atoms with Gasteiger partial charge in [0.15, 0.2) is 0 Å². The summed E-state index contributed by atoms with van der Waals surface area (Å²) in [5.41, 5.74) is 1.06. The second kappa shape index (κ2) is 5.16. The van der Waals surface area contributed by atoms with Crippen LogP contribution in [-0.2, 0) is 11.3 Å². The topological polar surface area (TPSA) is 38.2 Å². The standard InChI is InChI=1S/C8H12BrN3OS/c9-3-8-5-12(1-2-13-8)4-7-6-14-11-10-7/h6,8H,1-5H2. The summed E-state index contributed by atoms with van der Waals surface area (Å²) >= 11 is 4.85. The molecule has 78 valence electrons. The lowest BCUT2D eigenvalue weighted by Crippen LogP contribution is -2.42. The Morgan fingerprint density at radius 3 is 3.36 bits per heavy atom. The van der Waals surface area contributed by atoms with Crippen molar-refractivity contribution in [1.82, 2.24) is 14.5 Å². The molecule has 1 aliphatic rings. The highest BCUT2D eigenvalue weighted by Crippen LogP contribution is 2.10. The zero-order chi connectivity index (χ0) is 9.80. The van der Waals surface area contributed by atoms with Gasteiger partial charge < -0.3 is 4.74 Å². The molecule has 1 saturated heterocycles. The number of ether oxygens (including phenoxy) is 1. The van der Waals surface area contributed by atoms with Gasteiger partial charge in [-0.25, -0.2) is 0 Å². The summed E-state index contributed by atoms with van der Waals surface area (Å²) in [6.07, 6.45) is 0.315. The number of aromatic nitrogens is 2. The first kappa shape index (κ1) is 10.5. The van der Waals surface area contributed by atoms with Gasteiger partial charge in [0.05, 0.1) is 18.4 Å². The number of hydrogen-bond acceptors (Lipinski definition) is 5. The van der Waals surface area contributed by atoms with Gasteiger partial charge in [-0.3, -0.25) is 4.90 Å². The maximum atomic E-state index is 5.55. The molecule has 1 atom stereocenters. The second-order valence-corrected chi connectivity index (χ2v) is 4.54. The minimum atomic E-state index is 0.315. The smallest absolute Gasteiger partial charge is 0.0895 e. The second-order valence-electron chi connectivity index (χ2n) is 3.28. The molecule has 0 aromatic carbocycles. The maximum Gasteiger partial charge on any atom is 0.0895 e. The fourth-order valence-corrected chi connectivity index (χ4v) is 2.33. The Morgan fingerprint density at radius 1 is 1.71 bits per heavy atom. The van der Waals surface area contributed by atoms with Crippen LogP contribution in [0.15, 0.2) is 5.38 Å². The van der Waals surface area contributed by atoms with Crippen LogP contribution in [0.1, 0.15) is 5.69 Å². The number of halogens is 1. The molecule has 14 heavy (non-hydrogen) atoms. The number of rotatable bonds is 3. The Balaban J connectivity index is 1.86. The van der Waals surface area contributed by atoms with Gasteiger partial charge in [-0.15, -0.1) is 5.10 Å². The Morgan fingerprint density at radius 2 is 2.64 bits per heavy atom. The van der Waals surface area contributed by atoms with Crippen LogP contribution in [0.5, 0.6) is 0 Å². The third-order valence-corrected chi connectivity index (χ3v) is 3.46. The molecule has 1 unspecified atom stereocenters. The summed E-state index contributed by atoms with van der Waals surface area (Å²) in [6, 6.07) is 0. The van der Waals surface area contributed by atoms with Crippen molar-refractivity contribution < 1.29 is 4.74 Å². The molecule has 4 nitrogen and oxygen atoms in total. The number of hydrogen-bond donors (Lipinski definition) is 0. The largest absolute Gasteiger partial charge is 0.375 e. The molecule has 0 spiro atoms. The minimum absolute atomic E-state index is 0.315. The zero-order valence-corrected chi connectivity index (χ0v) is 10.1. The Kier molecular flexibility index (Phi) is 3.86. The van der Waals surface area contributed by atoms with E-state index in [0.29, 0.717) is 6.10 Å². The highest BCUT2D eigenvalue weighted by atomic mass is 79.9. The third kappa shape index (κ3) is 2.73. The SMILES string of the molecule is BrCC1CN(Cc2csnn2)CCO1. The molecular weight excluding hydrogens is 266 g/mol. The van der Waals surface area contributed by atoms with E-state index in [1.54, 1.807) is 0 Å². The predicted molar refractivity (Wildman–Crippen MR) is 58.7 cm³/mol. The molecular formula is C8H12BrN3OS. The van der Waals surface area contributed by atoms with Crippen LogP contribution in [0.3, 0.4) is 0 Å². The molecule has 0 amide bonds. The van der Waals surface area contributed by atoms with E-state index in [9.17, 15) is 0 Å².